The third-order valence-corrected chi connectivity index (χ3v) is 5.80. The van der Waals surface area contributed by atoms with E-state index in [-0.39, 0.29) is 25.2 Å². The predicted molar refractivity (Wildman–Crippen MR) is 127 cm³/mol. The SMILES string of the molecule is CCOc1ccc2cc(C3CC(c4ccccc4)=NN3C(=O)CCCC(=O)O)c(Cl)nc2c1. The largest absolute Gasteiger partial charge is 0.494 e. The molecule has 3 aromatic rings. The van der Waals surface area contributed by atoms with Gasteiger partial charge in [0.15, 0.2) is 0 Å². The van der Waals surface area contributed by atoms with Crippen molar-refractivity contribution in [2.75, 3.05) is 6.61 Å². The first kappa shape index (κ1) is 22.7. The van der Waals surface area contributed by atoms with Crippen molar-refractivity contribution >= 4 is 40.1 Å². The molecule has 33 heavy (non-hydrogen) atoms. The van der Waals surface area contributed by atoms with E-state index in [0.29, 0.717) is 35.0 Å². The van der Waals surface area contributed by atoms with E-state index in [0.717, 1.165) is 16.7 Å². The van der Waals surface area contributed by atoms with Crippen molar-refractivity contribution in [3.05, 3.63) is 70.9 Å². The molecule has 0 radical (unpaired) electrons. The number of hydrogen-bond acceptors (Lipinski definition) is 5. The monoisotopic (exact) mass is 465 g/mol. The Labute approximate surface area is 196 Å². The van der Waals surface area contributed by atoms with Gasteiger partial charge in [-0.1, -0.05) is 41.9 Å². The normalized spacial score (nSPS) is 15.5. The average molecular weight is 466 g/mol. The lowest BCUT2D eigenvalue weighted by Gasteiger charge is -2.23. The third kappa shape index (κ3) is 5.14. The lowest BCUT2D eigenvalue weighted by molar-refractivity contribution is -0.137. The lowest BCUT2D eigenvalue weighted by Crippen LogP contribution is -2.27. The van der Waals surface area contributed by atoms with Crippen LogP contribution in [0.2, 0.25) is 5.15 Å². The van der Waals surface area contributed by atoms with E-state index in [2.05, 4.69) is 10.1 Å². The molecule has 0 aliphatic carbocycles. The number of rotatable bonds is 8. The fourth-order valence-corrected chi connectivity index (χ4v) is 4.19. The van der Waals surface area contributed by atoms with Crippen LogP contribution in [0.5, 0.6) is 5.75 Å². The van der Waals surface area contributed by atoms with Crippen molar-refractivity contribution < 1.29 is 19.4 Å². The molecule has 1 amide bonds. The number of hydrogen-bond donors (Lipinski definition) is 1. The first-order valence-corrected chi connectivity index (χ1v) is 11.2. The molecular weight excluding hydrogens is 442 g/mol. The second-order valence-electron chi connectivity index (χ2n) is 7.77. The van der Waals surface area contributed by atoms with Gasteiger partial charge in [-0.2, -0.15) is 5.10 Å². The number of carboxylic acid groups (broad SMARTS) is 1. The van der Waals surface area contributed by atoms with Crippen molar-refractivity contribution in [2.24, 2.45) is 5.10 Å². The molecule has 4 rings (SSSR count). The Morgan fingerprint density at radius 2 is 1.94 bits per heavy atom. The number of carbonyl (C=O) groups excluding carboxylic acids is 1. The standard InChI is InChI=1S/C25H24ClN3O4/c1-2-33-18-12-11-17-13-19(25(26)27-20(17)14-18)22-15-21(16-7-4-3-5-8-16)28-29(22)23(30)9-6-10-24(31)32/h3-5,7-8,11-14,22H,2,6,9-10,15H2,1H3,(H,31,32). The molecule has 0 bridgehead atoms. The number of fused-ring (bicyclic) bond motifs is 1. The summed E-state index contributed by atoms with van der Waals surface area (Å²) >= 11 is 6.60. The third-order valence-electron chi connectivity index (χ3n) is 5.49. The highest BCUT2D eigenvalue weighted by Crippen LogP contribution is 2.38. The number of pyridine rings is 1. The van der Waals surface area contributed by atoms with Crippen LogP contribution in [-0.4, -0.2) is 39.3 Å². The number of carbonyl (C=O) groups is 2. The highest BCUT2D eigenvalue weighted by atomic mass is 35.5. The second kappa shape index (κ2) is 10.0. The number of amides is 1. The summed E-state index contributed by atoms with van der Waals surface area (Å²) in [4.78, 5) is 28.5. The number of hydrazone groups is 1. The van der Waals surface area contributed by atoms with E-state index >= 15 is 0 Å². The summed E-state index contributed by atoms with van der Waals surface area (Å²) in [7, 11) is 0. The smallest absolute Gasteiger partial charge is 0.303 e. The number of aliphatic carboxylic acids is 1. The molecule has 1 aliphatic rings. The molecule has 2 heterocycles. The molecule has 1 N–H and O–H groups in total. The average Bonchev–Trinajstić information content (AvgIpc) is 3.24. The van der Waals surface area contributed by atoms with Gasteiger partial charge in [0.25, 0.3) is 0 Å². The minimum absolute atomic E-state index is 0.0695. The molecular formula is C25H24ClN3O4. The summed E-state index contributed by atoms with van der Waals surface area (Å²) < 4.78 is 5.55. The first-order chi connectivity index (χ1) is 16.0. The van der Waals surface area contributed by atoms with E-state index in [1.54, 1.807) is 0 Å². The first-order valence-electron chi connectivity index (χ1n) is 10.9. The Kier molecular flexibility index (Phi) is 6.89. The van der Waals surface area contributed by atoms with Crippen LogP contribution in [-0.2, 0) is 9.59 Å². The van der Waals surface area contributed by atoms with Gasteiger partial charge in [0.1, 0.15) is 10.9 Å². The number of carboxylic acids is 1. The van der Waals surface area contributed by atoms with Crippen molar-refractivity contribution in [1.29, 1.82) is 0 Å². The van der Waals surface area contributed by atoms with Gasteiger partial charge in [-0.05, 0) is 37.1 Å². The summed E-state index contributed by atoms with van der Waals surface area (Å²) in [5, 5.41) is 16.2. The van der Waals surface area contributed by atoms with Gasteiger partial charge in [-0.15, -0.1) is 0 Å². The van der Waals surface area contributed by atoms with Gasteiger partial charge in [0, 0.05) is 36.3 Å². The number of benzene rings is 2. The Morgan fingerprint density at radius 3 is 2.67 bits per heavy atom. The quantitative estimate of drug-likeness (QED) is 0.460. The van der Waals surface area contributed by atoms with Gasteiger partial charge >= 0.3 is 5.97 Å². The molecule has 7 nitrogen and oxygen atoms in total. The highest BCUT2D eigenvalue weighted by molar-refractivity contribution is 6.30. The molecule has 8 heteroatoms. The lowest BCUT2D eigenvalue weighted by atomic mass is 9.98. The highest BCUT2D eigenvalue weighted by Gasteiger charge is 2.34. The minimum Gasteiger partial charge on any atom is -0.494 e. The minimum atomic E-state index is -0.928. The maximum absolute atomic E-state index is 13.0. The van der Waals surface area contributed by atoms with E-state index in [4.69, 9.17) is 21.4 Å². The van der Waals surface area contributed by atoms with Gasteiger partial charge in [-0.3, -0.25) is 9.59 Å². The maximum atomic E-state index is 13.0. The molecule has 1 unspecified atom stereocenters. The number of aromatic nitrogens is 1. The summed E-state index contributed by atoms with van der Waals surface area (Å²) in [5.74, 6) is -0.454. The van der Waals surface area contributed by atoms with Crippen molar-refractivity contribution in [1.82, 2.24) is 9.99 Å². The maximum Gasteiger partial charge on any atom is 0.303 e. The molecule has 0 spiro atoms. The number of nitrogens with zero attached hydrogens (tertiary/aromatic N) is 3. The Hall–Kier alpha value is -3.45. The Morgan fingerprint density at radius 1 is 1.15 bits per heavy atom. The second-order valence-corrected chi connectivity index (χ2v) is 8.13. The van der Waals surface area contributed by atoms with Gasteiger partial charge in [0.2, 0.25) is 5.91 Å². The summed E-state index contributed by atoms with van der Waals surface area (Å²) in [6.07, 6.45) is 0.751. The summed E-state index contributed by atoms with van der Waals surface area (Å²) in [5.41, 5.74) is 3.11. The molecule has 1 atom stereocenters. The molecule has 2 aromatic carbocycles. The van der Waals surface area contributed by atoms with E-state index < -0.39 is 12.0 Å². The van der Waals surface area contributed by atoms with Crippen LogP contribution in [0, 0.1) is 0 Å². The van der Waals surface area contributed by atoms with Crippen LogP contribution in [0.15, 0.2) is 59.7 Å². The van der Waals surface area contributed by atoms with Crippen LogP contribution in [0.1, 0.15) is 49.8 Å². The predicted octanol–water partition coefficient (Wildman–Crippen LogP) is 5.22. The Bertz CT molecular complexity index is 1210. The van der Waals surface area contributed by atoms with Crippen LogP contribution in [0.4, 0.5) is 0 Å². The van der Waals surface area contributed by atoms with Gasteiger partial charge < -0.3 is 9.84 Å². The Balaban J connectivity index is 1.68. The van der Waals surface area contributed by atoms with Crippen molar-refractivity contribution in [2.45, 2.75) is 38.6 Å². The zero-order valence-corrected chi connectivity index (χ0v) is 19.0. The summed E-state index contributed by atoms with van der Waals surface area (Å²) in [6.45, 7) is 2.47. The molecule has 0 fully saturated rings. The zero-order chi connectivity index (χ0) is 23.4. The van der Waals surface area contributed by atoms with E-state index in [1.807, 2.05) is 61.5 Å². The molecule has 1 aliphatic heterocycles. The van der Waals surface area contributed by atoms with E-state index in [1.165, 1.54) is 5.01 Å². The number of ether oxygens (including phenoxy) is 1. The van der Waals surface area contributed by atoms with Crippen LogP contribution >= 0.6 is 11.6 Å². The zero-order valence-electron chi connectivity index (χ0n) is 18.2. The van der Waals surface area contributed by atoms with Gasteiger partial charge in [-0.25, -0.2) is 9.99 Å². The molecule has 1 aromatic heterocycles. The molecule has 0 saturated carbocycles. The number of halogens is 1. The fraction of sp³-hybridized carbons (Fsp3) is 0.280. The molecule has 0 saturated heterocycles. The van der Waals surface area contributed by atoms with Crippen LogP contribution in [0.3, 0.4) is 0 Å². The van der Waals surface area contributed by atoms with Gasteiger partial charge in [0.05, 0.1) is 23.9 Å². The van der Waals surface area contributed by atoms with Crippen molar-refractivity contribution in [3.8, 4) is 5.75 Å². The van der Waals surface area contributed by atoms with Crippen LogP contribution in [0.25, 0.3) is 10.9 Å². The van der Waals surface area contributed by atoms with Crippen LogP contribution < -0.4 is 4.74 Å². The summed E-state index contributed by atoms with van der Waals surface area (Å²) in [6, 6.07) is 16.8. The molecule has 170 valence electrons. The fourth-order valence-electron chi connectivity index (χ4n) is 3.92. The van der Waals surface area contributed by atoms with E-state index in [9.17, 15) is 9.59 Å². The topological polar surface area (TPSA) is 92.1 Å². The van der Waals surface area contributed by atoms with Crippen molar-refractivity contribution in [3.63, 3.8) is 0 Å².